The molecule has 0 saturated carbocycles. The van der Waals surface area contributed by atoms with Gasteiger partial charge in [0.15, 0.2) is 0 Å². The quantitative estimate of drug-likeness (QED) is 0.599. The molecule has 2 rings (SSSR count). The van der Waals surface area contributed by atoms with Crippen LogP contribution in [0.5, 0.6) is 0 Å². The highest BCUT2D eigenvalue weighted by Gasteiger charge is 2.22. The second-order valence-corrected chi connectivity index (χ2v) is 8.78. The van der Waals surface area contributed by atoms with Crippen molar-refractivity contribution in [3.05, 3.63) is 63.7 Å². The van der Waals surface area contributed by atoms with Crippen LogP contribution in [-0.4, -0.2) is 24.8 Å². The molecule has 0 aliphatic carbocycles. The molecule has 144 valence electrons. The maximum atomic E-state index is 12.4. The van der Waals surface area contributed by atoms with Crippen LogP contribution in [-0.2, 0) is 10.0 Å². The first-order valence-electron chi connectivity index (χ1n) is 8.09. The zero-order valence-electron chi connectivity index (χ0n) is 15.4. The molecule has 0 saturated heterocycles. The zero-order valence-corrected chi connectivity index (χ0v) is 16.3. The van der Waals surface area contributed by atoms with Crippen LogP contribution in [0.1, 0.15) is 36.7 Å². The molecule has 0 bridgehead atoms. The minimum absolute atomic E-state index is 0.0232. The average molecular weight is 391 g/mol. The van der Waals surface area contributed by atoms with Gasteiger partial charge in [-0.25, -0.2) is 13.1 Å². The third-order valence-electron chi connectivity index (χ3n) is 3.50. The highest BCUT2D eigenvalue weighted by molar-refractivity contribution is 7.89. The Kier molecular flexibility index (Phi) is 5.67. The summed E-state index contributed by atoms with van der Waals surface area (Å²) in [6.07, 6.45) is 0. The molecule has 0 aromatic heterocycles. The SMILES string of the molecule is Cc1cc(C(=O)Nc2cccc(S(=O)(=O)NC(C)(C)C)c2)ccc1[N+](=O)[O-]. The summed E-state index contributed by atoms with van der Waals surface area (Å²) >= 11 is 0. The lowest BCUT2D eigenvalue weighted by Crippen LogP contribution is -2.40. The average Bonchev–Trinajstić information content (AvgIpc) is 2.52. The predicted octanol–water partition coefficient (Wildman–Crippen LogP) is 3.23. The van der Waals surface area contributed by atoms with Gasteiger partial charge in [0, 0.05) is 28.4 Å². The summed E-state index contributed by atoms with van der Waals surface area (Å²) in [5, 5.41) is 13.5. The number of carbonyl (C=O) groups excluding carboxylic acids is 1. The number of nitro groups is 1. The molecule has 0 aliphatic heterocycles. The summed E-state index contributed by atoms with van der Waals surface area (Å²) in [6, 6.07) is 9.89. The smallest absolute Gasteiger partial charge is 0.272 e. The molecular formula is C18H21N3O5S. The van der Waals surface area contributed by atoms with Gasteiger partial charge in [0.2, 0.25) is 10.0 Å². The van der Waals surface area contributed by atoms with Gasteiger partial charge >= 0.3 is 0 Å². The number of sulfonamides is 1. The van der Waals surface area contributed by atoms with E-state index in [0.717, 1.165) is 0 Å². The van der Waals surface area contributed by atoms with E-state index in [2.05, 4.69) is 10.0 Å². The number of benzene rings is 2. The monoisotopic (exact) mass is 391 g/mol. The molecule has 2 N–H and O–H groups in total. The first-order chi connectivity index (χ1) is 12.4. The van der Waals surface area contributed by atoms with Crippen LogP contribution in [0.4, 0.5) is 11.4 Å². The number of nitrogens with zero attached hydrogens (tertiary/aromatic N) is 1. The third kappa shape index (κ3) is 5.35. The summed E-state index contributed by atoms with van der Waals surface area (Å²) in [7, 11) is -3.74. The number of hydrogen-bond acceptors (Lipinski definition) is 5. The van der Waals surface area contributed by atoms with Crippen molar-refractivity contribution in [3.63, 3.8) is 0 Å². The molecule has 1 amide bonds. The summed E-state index contributed by atoms with van der Waals surface area (Å²) in [5.74, 6) is -0.494. The molecule has 2 aromatic carbocycles. The number of hydrogen-bond donors (Lipinski definition) is 2. The summed E-state index contributed by atoms with van der Waals surface area (Å²) in [4.78, 5) is 22.8. The van der Waals surface area contributed by atoms with E-state index in [0.29, 0.717) is 11.3 Å². The predicted molar refractivity (Wildman–Crippen MR) is 102 cm³/mol. The Hall–Kier alpha value is -2.78. The van der Waals surface area contributed by atoms with E-state index in [1.165, 1.54) is 36.4 Å². The fourth-order valence-corrected chi connectivity index (χ4v) is 3.87. The van der Waals surface area contributed by atoms with E-state index in [1.54, 1.807) is 33.8 Å². The van der Waals surface area contributed by atoms with Gasteiger partial charge in [-0.1, -0.05) is 6.07 Å². The van der Waals surface area contributed by atoms with Crippen molar-refractivity contribution in [1.29, 1.82) is 0 Å². The normalized spacial score (nSPS) is 11.9. The number of anilines is 1. The van der Waals surface area contributed by atoms with Gasteiger partial charge in [0.05, 0.1) is 9.82 Å². The van der Waals surface area contributed by atoms with Crippen LogP contribution in [0.2, 0.25) is 0 Å². The Morgan fingerprint density at radius 2 is 1.78 bits per heavy atom. The Balaban J connectivity index is 2.25. The van der Waals surface area contributed by atoms with Crippen LogP contribution in [0.3, 0.4) is 0 Å². The Morgan fingerprint density at radius 3 is 2.33 bits per heavy atom. The van der Waals surface area contributed by atoms with E-state index >= 15 is 0 Å². The highest BCUT2D eigenvalue weighted by atomic mass is 32.2. The van der Waals surface area contributed by atoms with E-state index in [9.17, 15) is 23.3 Å². The molecule has 27 heavy (non-hydrogen) atoms. The van der Waals surface area contributed by atoms with Gasteiger partial charge in [-0.15, -0.1) is 0 Å². The first-order valence-corrected chi connectivity index (χ1v) is 9.58. The number of aryl methyl sites for hydroxylation is 1. The van der Waals surface area contributed by atoms with Crippen molar-refractivity contribution >= 4 is 27.3 Å². The van der Waals surface area contributed by atoms with Crippen molar-refractivity contribution in [2.24, 2.45) is 0 Å². The van der Waals surface area contributed by atoms with Gasteiger partial charge in [0.25, 0.3) is 11.6 Å². The van der Waals surface area contributed by atoms with Crippen LogP contribution >= 0.6 is 0 Å². The molecule has 2 aromatic rings. The second-order valence-electron chi connectivity index (χ2n) is 7.10. The Morgan fingerprint density at radius 1 is 1.11 bits per heavy atom. The van der Waals surface area contributed by atoms with Gasteiger partial charge in [0.1, 0.15) is 0 Å². The van der Waals surface area contributed by atoms with Gasteiger partial charge in [-0.05, 0) is 58.0 Å². The van der Waals surface area contributed by atoms with Crippen molar-refractivity contribution < 1.29 is 18.1 Å². The molecule has 9 heteroatoms. The van der Waals surface area contributed by atoms with E-state index in [-0.39, 0.29) is 16.1 Å². The van der Waals surface area contributed by atoms with Crippen molar-refractivity contribution in [3.8, 4) is 0 Å². The summed E-state index contributed by atoms with van der Waals surface area (Å²) in [5.41, 5.74) is 0.173. The van der Waals surface area contributed by atoms with Gasteiger partial charge in [-0.3, -0.25) is 14.9 Å². The van der Waals surface area contributed by atoms with Gasteiger partial charge < -0.3 is 5.32 Å². The molecule has 8 nitrogen and oxygen atoms in total. The van der Waals surface area contributed by atoms with E-state index < -0.39 is 26.4 Å². The fourth-order valence-electron chi connectivity index (χ4n) is 2.41. The number of nitro benzene ring substituents is 1. The van der Waals surface area contributed by atoms with Crippen LogP contribution < -0.4 is 10.0 Å². The molecule has 0 atom stereocenters. The van der Waals surface area contributed by atoms with Crippen LogP contribution in [0.15, 0.2) is 47.4 Å². The number of amides is 1. The first kappa shape index (κ1) is 20.5. The molecule has 0 fully saturated rings. The maximum Gasteiger partial charge on any atom is 0.272 e. The molecule has 0 heterocycles. The maximum absolute atomic E-state index is 12.4. The van der Waals surface area contributed by atoms with E-state index in [1.807, 2.05) is 0 Å². The minimum Gasteiger partial charge on any atom is -0.322 e. The van der Waals surface area contributed by atoms with E-state index in [4.69, 9.17) is 0 Å². The number of carbonyl (C=O) groups is 1. The van der Waals surface area contributed by atoms with Crippen molar-refractivity contribution in [2.45, 2.75) is 38.1 Å². The van der Waals surface area contributed by atoms with Crippen LogP contribution in [0, 0.1) is 17.0 Å². The second kappa shape index (κ2) is 7.45. The standard InChI is InChI=1S/C18H21N3O5S/c1-12-10-13(8-9-16(12)21(23)24)17(22)19-14-6-5-7-15(11-14)27(25,26)20-18(2,3)4/h5-11,20H,1-4H3,(H,19,22). The number of rotatable bonds is 5. The van der Waals surface area contributed by atoms with Crippen molar-refractivity contribution in [1.82, 2.24) is 4.72 Å². The molecular weight excluding hydrogens is 370 g/mol. The largest absolute Gasteiger partial charge is 0.322 e. The minimum atomic E-state index is -3.74. The van der Waals surface area contributed by atoms with Crippen LogP contribution in [0.25, 0.3) is 0 Å². The summed E-state index contributed by atoms with van der Waals surface area (Å²) in [6.45, 7) is 6.73. The Bertz CT molecular complexity index is 994. The van der Waals surface area contributed by atoms with Gasteiger partial charge in [-0.2, -0.15) is 0 Å². The topological polar surface area (TPSA) is 118 Å². The molecule has 0 aliphatic rings. The molecule has 0 unspecified atom stereocenters. The Labute approximate surface area is 157 Å². The lowest BCUT2D eigenvalue weighted by atomic mass is 10.1. The lowest BCUT2D eigenvalue weighted by molar-refractivity contribution is -0.385. The lowest BCUT2D eigenvalue weighted by Gasteiger charge is -2.20. The zero-order chi connectivity index (χ0) is 20.4. The van der Waals surface area contributed by atoms with Crippen molar-refractivity contribution in [2.75, 3.05) is 5.32 Å². The highest BCUT2D eigenvalue weighted by Crippen LogP contribution is 2.21. The molecule has 0 radical (unpaired) electrons. The fraction of sp³-hybridized carbons (Fsp3) is 0.278. The summed E-state index contributed by atoms with van der Waals surface area (Å²) < 4.78 is 27.4. The third-order valence-corrected chi connectivity index (χ3v) is 5.25. The number of nitrogens with one attached hydrogen (secondary N) is 2. The molecule has 0 spiro atoms.